The Labute approximate surface area is 90.5 Å². The van der Waals surface area contributed by atoms with Gasteiger partial charge in [0.2, 0.25) is 5.95 Å². The number of nitrogens with two attached hydrogens (primary N) is 1. The van der Waals surface area contributed by atoms with Crippen molar-refractivity contribution >= 4 is 5.95 Å². The van der Waals surface area contributed by atoms with Crippen LogP contribution in [-0.4, -0.2) is 29.1 Å². The zero-order valence-corrected chi connectivity index (χ0v) is 9.40. The van der Waals surface area contributed by atoms with E-state index in [0.717, 1.165) is 23.8 Å². The molecule has 1 aromatic rings. The smallest absolute Gasteiger partial charge is 0.225 e. The molecule has 2 rings (SSSR count). The van der Waals surface area contributed by atoms with Crippen molar-refractivity contribution in [1.82, 2.24) is 9.97 Å². The number of nitrogens with zero attached hydrogens (tertiary/aromatic N) is 3. The molecule has 0 spiro atoms. The molecule has 2 N–H and O–H groups in total. The van der Waals surface area contributed by atoms with Gasteiger partial charge in [-0.05, 0) is 32.3 Å². The molecule has 0 amide bonds. The third-order valence-electron chi connectivity index (χ3n) is 2.83. The molecule has 4 nitrogen and oxygen atoms in total. The minimum atomic E-state index is 0.621. The maximum atomic E-state index is 5.60. The van der Waals surface area contributed by atoms with Crippen molar-refractivity contribution in [3.63, 3.8) is 0 Å². The van der Waals surface area contributed by atoms with Crippen molar-refractivity contribution in [3.05, 3.63) is 17.5 Å². The van der Waals surface area contributed by atoms with E-state index in [9.17, 15) is 0 Å². The summed E-state index contributed by atoms with van der Waals surface area (Å²) in [5.41, 5.74) is 7.80. The maximum absolute atomic E-state index is 5.60. The fraction of sp³-hybridized carbons (Fsp3) is 0.636. The molecule has 1 saturated carbocycles. The lowest BCUT2D eigenvalue weighted by atomic mass is 10.3. The van der Waals surface area contributed by atoms with Gasteiger partial charge < -0.3 is 10.6 Å². The second-order valence-corrected chi connectivity index (χ2v) is 4.15. The van der Waals surface area contributed by atoms with Crippen LogP contribution in [0.4, 0.5) is 5.95 Å². The van der Waals surface area contributed by atoms with Crippen LogP contribution in [0.25, 0.3) is 0 Å². The summed E-state index contributed by atoms with van der Waals surface area (Å²) in [6.45, 7) is 5.57. The van der Waals surface area contributed by atoms with E-state index in [2.05, 4.69) is 14.9 Å². The first-order valence-electron chi connectivity index (χ1n) is 5.49. The predicted octanol–water partition coefficient (Wildman–Crippen LogP) is 1.02. The molecule has 0 radical (unpaired) electrons. The zero-order valence-electron chi connectivity index (χ0n) is 9.40. The number of aryl methyl sites for hydroxylation is 2. The lowest BCUT2D eigenvalue weighted by molar-refractivity contribution is 0.749. The molecule has 0 aliphatic heterocycles. The summed E-state index contributed by atoms with van der Waals surface area (Å²) in [6, 6.07) is 0.621. The summed E-state index contributed by atoms with van der Waals surface area (Å²) < 4.78 is 0. The van der Waals surface area contributed by atoms with Gasteiger partial charge in [0.25, 0.3) is 0 Å². The van der Waals surface area contributed by atoms with Crippen LogP contribution < -0.4 is 10.6 Å². The molecule has 1 aliphatic rings. The minimum absolute atomic E-state index is 0.621. The first kappa shape index (κ1) is 10.4. The maximum Gasteiger partial charge on any atom is 0.225 e. The van der Waals surface area contributed by atoms with Gasteiger partial charge in [0, 0.05) is 31.0 Å². The van der Waals surface area contributed by atoms with E-state index < -0.39 is 0 Å². The summed E-state index contributed by atoms with van der Waals surface area (Å²) >= 11 is 0. The van der Waals surface area contributed by atoms with Crippen LogP contribution in [0.5, 0.6) is 0 Å². The topological polar surface area (TPSA) is 55.0 Å². The summed E-state index contributed by atoms with van der Waals surface area (Å²) in [5, 5.41) is 0. The standard InChI is InChI=1S/C11H18N4/c1-8-7-13-11(14-9(8)2)15(6-5-12)10-3-4-10/h7,10H,3-6,12H2,1-2H3. The number of hydrogen-bond acceptors (Lipinski definition) is 4. The Morgan fingerprint density at radius 3 is 2.73 bits per heavy atom. The Morgan fingerprint density at radius 1 is 1.47 bits per heavy atom. The van der Waals surface area contributed by atoms with Gasteiger partial charge in [-0.3, -0.25) is 0 Å². The van der Waals surface area contributed by atoms with Crippen LogP contribution in [-0.2, 0) is 0 Å². The molecular weight excluding hydrogens is 188 g/mol. The average Bonchev–Trinajstić information content (AvgIpc) is 3.02. The van der Waals surface area contributed by atoms with Crippen LogP contribution >= 0.6 is 0 Å². The molecule has 1 aliphatic carbocycles. The molecule has 0 atom stereocenters. The summed E-state index contributed by atoms with van der Waals surface area (Å²) in [4.78, 5) is 11.1. The van der Waals surface area contributed by atoms with Gasteiger partial charge in [0.15, 0.2) is 0 Å². The lowest BCUT2D eigenvalue weighted by Gasteiger charge is -2.21. The third-order valence-corrected chi connectivity index (χ3v) is 2.83. The Hall–Kier alpha value is -1.16. The highest BCUT2D eigenvalue weighted by molar-refractivity contribution is 5.36. The molecule has 1 heterocycles. The number of rotatable bonds is 4. The van der Waals surface area contributed by atoms with E-state index in [4.69, 9.17) is 5.73 Å². The van der Waals surface area contributed by atoms with Crippen molar-refractivity contribution in [2.45, 2.75) is 32.7 Å². The Morgan fingerprint density at radius 2 is 2.20 bits per heavy atom. The highest BCUT2D eigenvalue weighted by Gasteiger charge is 2.30. The molecule has 0 aromatic carbocycles. The third kappa shape index (κ3) is 2.26. The van der Waals surface area contributed by atoms with Gasteiger partial charge in [-0.1, -0.05) is 0 Å². The van der Waals surface area contributed by atoms with Crippen LogP contribution in [0.1, 0.15) is 24.1 Å². The second-order valence-electron chi connectivity index (χ2n) is 4.15. The number of hydrogen-bond donors (Lipinski definition) is 1. The van der Waals surface area contributed by atoms with E-state index in [1.807, 2.05) is 20.0 Å². The van der Waals surface area contributed by atoms with Gasteiger partial charge in [-0.2, -0.15) is 0 Å². The fourth-order valence-corrected chi connectivity index (χ4v) is 1.62. The van der Waals surface area contributed by atoms with Gasteiger partial charge in [0.1, 0.15) is 0 Å². The molecule has 15 heavy (non-hydrogen) atoms. The predicted molar refractivity (Wildman–Crippen MR) is 60.9 cm³/mol. The summed E-state index contributed by atoms with van der Waals surface area (Å²) in [5.74, 6) is 0.839. The fourth-order valence-electron chi connectivity index (χ4n) is 1.62. The van der Waals surface area contributed by atoms with Crippen molar-refractivity contribution in [1.29, 1.82) is 0 Å². The van der Waals surface area contributed by atoms with Crippen molar-refractivity contribution < 1.29 is 0 Å². The average molecular weight is 206 g/mol. The van der Waals surface area contributed by atoms with Crippen LogP contribution in [0, 0.1) is 13.8 Å². The van der Waals surface area contributed by atoms with Gasteiger partial charge in [-0.25, -0.2) is 9.97 Å². The number of anilines is 1. The second kappa shape index (κ2) is 4.14. The quantitative estimate of drug-likeness (QED) is 0.799. The molecule has 1 aromatic heterocycles. The van der Waals surface area contributed by atoms with E-state index in [0.29, 0.717) is 12.6 Å². The largest absolute Gasteiger partial charge is 0.337 e. The van der Waals surface area contributed by atoms with Crippen molar-refractivity contribution in [3.8, 4) is 0 Å². The molecular formula is C11H18N4. The Balaban J connectivity index is 2.21. The summed E-state index contributed by atoms with van der Waals surface area (Å²) in [7, 11) is 0. The molecule has 82 valence electrons. The van der Waals surface area contributed by atoms with Crippen molar-refractivity contribution in [2.24, 2.45) is 5.73 Å². The summed E-state index contributed by atoms with van der Waals surface area (Å²) in [6.07, 6.45) is 4.39. The molecule has 0 unspecified atom stereocenters. The highest BCUT2D eigenvalue weighted by atomic mass is 15.3. The monoisotopic (exact) mass is 206 g/mol. The van der Waals surface area contributed by atoms with E-state index in [-0.39, 0.29) is 0 Å². The molecule has 4 heteroatoms. The Kier molecular flexibility index (Phi) is 2.86. The lowest BCUT2D eigenvalue weighted by Crippen LogP contribution is -2.33. The normalized spacial score (nSPS) is 15.4. The van der Waals surface area contributed by atoms with E-state index in [1.165, 1.54) is 12.8 Å². The molecule has 0 saturated heterocycles. The van der Waals surface area contributed by atoms with Crippen LogP contribution in [0.3, 0.4) is 0 Å². The SMILES string of the molecule is Cc1cnc(N(CCN)C2CC2)nc1C. The minimum Gasteiger partial charge on any atom is -0.337 e. The van der Waals surface area contributed by atoms with Crippen LogP contribution in [0.15, 0.2) is 6.20 Å². The first-order valence-corrected chi connectivity index (χ1v) is 5.49. The Bertz CT molecular complexity index is 346. The first-order chi connectivity index (χ1) is 7.22. The van der Waals surface area contributed by atoms with Crippen LogP contribution in [0.2, 0.25) is 0 Å². The molecule has 1 fully saturated rings. The highest BCUT2D eigenvalue weighted by Crippen LogP contribution is 2.29. The van der Waals surface area contributed by atoms with Gasteiger partial charge in [0.05, 0.1) is 0 Å². The van der Waals surface area contributed by atoms with E-state index >= 15 is 0 Å². The van der Waals surface area contributed by atoms with Gasteiger partial charge in [-0.15, -0.1) is 0 Å². The van der Waals surface area contributed by atoms with Crippen molar-refractivity contribution in [2.75, 3.05) is 18.0 Å². The number of aromatic nitrogens is 2. The van der Waals surface area contributed by atoms with E-state index in [1.54, 1.807) is 0 Å². The zero-order chi connectivity index (χ0) is 10.8. The van der Waals surface area contributed by atoms with Gasteiger partial charge >= 0.3 is 0 Å². The molecule has 0 bridgehead atoms.